The molecule has 0 bridgehead atoms. The lowest BCUT2D eigenvalue weighted by Gasteiger charge is -2.17. The zero-order valence-electron chi connectivity index (χ0n) is 9.57. The highest BCUT2D eigenvalue weighted by Crippen LogP contribution is 2.22. The fourth-order valence-corrected chi connectivity index (χ4v) is 2.60. The Bertz CT molecular complexity index is 115. The van der Waals surface area contributed by atoms with Gasteiger partial charge in [0.2, 0.25) is 0 Å². The molecule has 0 aromatic heterocycles. The third-order valence-corrected chi connectivity index (χ3v) is 4.70. The largest absolute Gasteiger partial charge is 0.0925 e. The predicted octanol–water partition coefficient (Wildman–Crippen LogP) is 5.39. The molecule has 2 atom stereocenters. The number of rotatable bonds is 9. The summed E-state index contributed by atoms with van der Waals surface area (Å²) in [5, 5.41) is 2.32. The lowest BCUT2D eigenvalue weighted by Crippen LogP contribution is -2.09. The van der Waals surface area contributed by atoms with Gasteiger partial charge in [0.1, 0.15) is 0 Å². The predicted molar refractivity (Wildman–Crippen MR) is 73.6 cm³/mol. The maximum atomic E-state index is 3.63. The lowest BCUT2D eigenvalue weighted by molar-refractivity contribution is 0.411. The molecule has 2 heteroatoms. The SMILES string of the molecule is CCCCCCC(CBr)CC(C)CBr. The summed E-state index contributed by atoms with van der Waals surface area (Å²) in [6.45, 7) is 4.60. The molecule has 86 valence electrons. The first kappa shape index (κ1) is 15.0. The molecular weight excluding hydrogens is 304 g/mol. The first-order valence-corrected chi connectivity index (χ1v) is 8.10. The second kappa shape index (κ2) is 10.5. The van der Waals surface area contributed by atoms with Crippen LogP contribution < -0.4 is 0 Å². The van der Waals surface area contributed by atoms with Gasteiger partial charge in [0.25, 0.3) is 0 Å². The quantitative estimate of drug-likeness (QED) is 0.393. The first-order valence-electron chi connectivity index (χ1n) is 5.86. The minimum atomic E-state index is 0.823. The normalized spacial score (nSPS) is 15.4. The first-order chi connectivity index (χ1) is 6.74. The molecule has 0 aromatic rings. The highest BCUT2D eigenvalue weighted by atomic mass is 79.9. The van der Waals surface area contributed by atoms with Gasteiger partial charge in [0.15, 0.2) is 0 Å². The molecule has 0 aromatic carbocycles. The van der Waals surface area contributed by atoms with Crippen LogP contribution >= 0.6 is 31.9 Å². The van der Waals surface area contributed by atoms with E-state index in [1.54, 1.807) is 0 Å². The molecule has 0 amide bonds. The molecule has 0 spiro atoms. The zero-order valence-corrected chi connectivity index (χ0v) is 12.7. The van der Waals surface area contributed by atoms with Gasteiger partial charge in [-0.25, -0.2) is 0 Å². The van der Waals surface area contributed by atoms with Crippen molar-refractivity contribution in [1.29, 1.82) is 0 Å². The molecule has 0 fully saturated rings. The highest BCUT2D eigenvalue weighted by molar-refractivity contribution is 9.09. The highest BCUT2D eigenvalue weighted by Gasteiger charge is 2.10. The van der Waals surface area contributed by atoms with Crippen LogP contribution in [0.3, 0.4) is 0 Å². The van der Waals surface area contributed by atoms with Gasteiger partial charge < -0.3 is 0 Å². The van der Waals surface area contributed by atoms with Gasteiger partial charge in [0, 0.05) is 10.7 Å². The molecule has 0 rings (SSSR count). The number of hydrogen-bond donors (Lipinski definition) is 0. The third kappa shape index (κ3) is 8.28. The van der Waals surface area contributed by atoms with Crippen LogP contribution in [0.1, 0.15) is 52.4 Å². The van der Waals surface area contributed by atoms with Crippen molar-refractivity contribution in [2.45, 2.75) is 52.4 Å². The van der Waals surface area contributed by atoms with E-state index in [0.717, 1.165) is 17.2 Å². The van der Waals surface area contributed by atoms with E-state index >= 15 is 0 Å². The van der Waals surface area contributed by atoms with Crippen molar-refractivity contribution in [2.24, 2.45) is 11.8 Å². The second-order valence-electron chi connectivity index (χ2n) is 4.36. The molecule has 2 unspecified atom stereocenters. The van der Waals surface area contributed by atoms with Crippen LogP contribution in [0.4, 0.5) is 0 Å². The van der Waals surface area contributed by atoms with E-state index in [9.17, 15) is 0 Å². The van der Waals surface area contributed by atoms with E-state index in [1.165, 1.54) is 43.9 Å². The summed E-state index contributed by atoms with van der Waals surface area (Å²) in [6, 6.07) is 0. The van der Waals surface area contributed by atoms with Crippen molar-refractivity contribution in [3.05, 3.63) is 0 Å². The van der Waals surface area contributed by atoms with E-state index in [-0.39, 0.29) is 0 Å². The van der Waals surface area contributed by atoms with Gasteiger partial charge in [-0.3, -0.25) is 0 Å². The van der Waals surface area contributed by atoms with E-state index in [2.05, 4.69) is 45.7 Å². The topological polar surface area (TPSA) is 0 Å². The van der Waals surface area contributed by atoms with Gasteiger partial charge in [-0.15, -0.1) is 0 Å². The summed E-state index contributed by atoms with van der Waals surface area (Å²) in [7, 11) is 0. The van der Waals surface area contributed by atoms with Gasteiger partial charge in [-0.2, -0.15) is 0 Å². The third-order valence-electron chi connectivity index (χ3n) is 2.68. The monoisotopic (exact) mass is 326 g/mol. The van der Waals surface area contributed by atoms with Gasteiger partial charge in [-0.05, 0) is 24.7 Å². The maximum absolute atomic E-state index is 3.63. The number of unbranched alkanes of at least 4 members (excludes halogenated alkanes) is 3. The summed E-state index contributed by atoms with van der Waals surface area (Å²) in [5.74, 6) is 1.71. The standard InChI is InChI=1S/C12H24Br2/c1-3-4-5-6-7-12(10-14)8-11(2)9-13/h11-12H,3-10H2,1-2H3. The van der Waals surface area contributed by atoms with Crippen LogP contribution in [-0.4, -0.2) is 10.7 Å². The van der Waals surface area contributed by atoms with Gasteiger partial charge in [0.05, 0.1) is 0 Å². The minimum Gasteiger partial charge on any atom is -0.0925 e. The Hall–Kier alpha value is 0.960. The van der Waals surface area contributed by atoms with Gasteiger partial charge >= 0.3 is 0 Å². The summed E-state index contributed by atoms with van der Waals surface area (Å²) < 4.78 is 0. The molecular formula is C12H24Br2. The van der Waals surface area contributed by atoms with Crippen LogP contribution in [-0.2, 0) is 0 Å². The molecule has 0 saturated heterocycles. The Labute approximate surface area is 106 Å². The van der Waals surface area contributed by atoms with Crippen LogP contribution in [0.5, 0.6) is 0 Å². The molecule has 0 aliphatic heterocycles. The van der Waals surface area contributed by atoms with Crippen molar-refractivity contribution in [3.63, 3.8) is 0 Å². The number of halogens is 2. The minimum absolute atomic E-state index is 0.823. The Morgan fingerprint density at radius 2 is 1.71 bits per heavy atom. The molecule has 0 radical (unpaired) electrons. The fourth-order valence-electron chi connectivity index (χ4n) is 1.75. The second-order valence-corrected chi connectivity index (χ2v) is 5.66. The Morgan fingerprint density at radius 3 is 2.21 bits per heavy atom. The Balaban J connectivity index is 3.47. The average Bonchev–Trinajstić information content (AvgIpc) is 2.22. The molecule has 0 heterocycles. The van der Waals surface area contributed by atoms with Crippen molar-refractivity contribution in [1.82, 2.24) is 0 Å². The summed E-state index contributed by atoms with van der Waals surface area (Å²) >= 11 is 7.18. The Kier molecular flexibility index (Phi) is 11.2. The van der Waals surface area contributed by atoms with Crippen LogP contribution in [0.15, 0.2) is 0 Å². The van der Waals surface area contributed by atoms with E-state index in [0.29, 0.717) is 0 Å². The molecule has 0 aliphatic carbocycles. The van der Waals surface area contributed by atoms with Crippen molar-refractivity contribution in [2.75, 3.05) is 10.7 Å². The average molecular weight is 328 g/mol. The van der Waals surface area contributed by atoms with Crippen LogP contribution in [0.2, 0.25) is 0 Å². The molecule has 0 nitrogen and oxygen atoms in total. The summed E-state index contributed by atoms with van der Waals surface area (Å²) in [4.78, 5) is 0. The molecule has 14 heavy (non-hydrogen) atoms. The molecule has 0 saturated carbocycles. The van der Waals surface area contributed by atoms with Crippen molar-refractivity contribution >= 4 is 31.9 Å². The van der Waals surface area contributed by atoms with E-state index in [1.807, 2.05) is 0 Å². The van der Waals surface area contributed by atoms with Crippen LogP contribution in [0, 0.1) is 11.8 Å². The van der Waals surface area contributed by atoms with Gasteiger partial charge in [-0.1, -0.05) is 71.4 Å². The fraction of sp³-hybridized carbons (Fsp3) is 1.00. The zero-order chi connectivity index (χ0) is 10.8. The van der Waals surface area contributed by atoms with Crippen molar-refractivity contribution < 1.29 is 0 Å². The van der Waals surface area contributed by atoms with Crippen LogP contribution in [0.25, 0.3) is 0 Å². The lowest BCUT2D eigenvalue weighted by atomic mass is 9.93. The Morgan fingerprint density at radius 1 is 1.00 bits per heavy atom. The van der Waals surface area contributed by atoms with E-state index < -0.39 is 0 Å². The molecule has 0 aliphatic rings. The summed E-state index contributed by atoms with van der Waals surface area (Å²) in [5.41, 5.74) is 0. The smallest absolute Gasteiger partial charge is 0.00597 e. The van der Waals surface area contributed by atoms with Crippen molar-refractivity contribution in [3.8, 4) is 0 Å². The summed E-state index contributed by atoms with van der Waals surface area (Å²) in [6.07, 6.45) is 8.35. The number of hydrogen-bond acceptors (Lipinski definition) is 0. The number of alkyl halides is 2. The molecule has 0 N–H and O–H groups in total. The maximum Gasteiger partial charge on any atom is 0.00597 e. The van der Waals surface area contributed by atoms with E-state index in [4.69, 9.17) is 0 Å².